The zero-order chi connectivity index (χ0) is 19.1. The Morgan fingerprint density at radius 1 is 1.30 bits per heavy atom. The zero-order valence-electron chi connectivity index (χ0n) is 13.9. The molecule has 140 valence electrons. The molecule has 1 aliphatic heterocycles. The van der Waals surface area contributed by atoms with Gasteiger partial charge in [0.25, 0.3) is 5.56 Å². The number of thioether (sulfide) groups is 1. The van der Waals surface area contributed by atoms with Gasteiger partial charge in [-0.2, -0.15) is 5.10 Å². The summed E-state index contributed by atoms with van der Waals surface area (Å²) in [5, 5.41) is 6.19. The van der Waals surface area contributed by atoms with E-state index in [-0.39, 0.29) is 29.1 Å². The fourth-order valence-electron chi connectivity index (χ4n) is 2.88. The van der Waals surface area contributed by atoms with Crippen molar-refractivity contribution < 1.29 is 18.4 Å². The van der Waals surface area contributed by atoms with Crippen LogP contribution < -0.4 is 15.8 Å². The molecule has 1 N–H and O–H groups in total. The fourth-order valence-corrected chi connectivity index (χ4v) is 3.74. The number of aromatic nitrogens is 2. The average Bonchev–Trinajstić information content (AvgIpc) is 3.45. The second-order valence-corrected chi connectivity index (χ2v) is 7.29. The molecule has 0 atom stereocenters. The van der Waals surface area contributed by atoms with Crippen molar-refractivity contribution in [3.05, 3.63) is 46.4 Å². The van der Waals surface area contributed by atoms with E-state index in [4.69, 9.17) is 0 Å². The second kappa shape index (κ2) is 6.76. The number of anilines is 2. The molecule has 1 saturated carbocycles. The molecule has 4 rings (SSSR count). The van der Waals surface area contributed by atoms with Gasteiger partial charge in [-0.1, -0.05) is 0 Å². The van der Waals surface area contributed by atoms with E-state index < -0.39 is 29.6 Å². The van der Waals surface area contributed by atoms with E-state index in [0.717, 1.165) is 35.7 Å². The number of halogens is 2. The third-order valence-electron chi connectivity index (χ3n) is 4.25. The van der Waals surface area contributed by atoms with Crippen LogP contribution in [0.3, 0.4) is 0 Å². The fraction of sp³-hybridized carbons (Fsp3) is 0.294. The Balaban J connectivity index is 1.60. The summed E-state index contributed by atoms with van der Waals surface area (Å²) in [6.45, 7) is -0.487. The number of carbonyl (C=O) groups excluding carboxylic acids is 2. The van der Waals surface area contributed by atoms with Crippen LogP contribution in [0.25, 0.3) is 0 Å². The lowest BCUT2D eigenvalue weighted by Crippen LogP contribution is -2.43. The van der Waals surface area contributed by atoms with E-state index in [1.807, 2.05) is 0 Å². The summed E-state index contributed by atoms with van der Waals surface area (Å²) in [6.07, 6.45) is 3.10. The maximum atomic E-state index is 13.7. The van der Waals surface area contributed by atoms with Crippen LogP contribution in [0.4, 0.5) is 20.2 Å². The predicted octanol–water partition coefficient (Wildman–Crippen LogP) is 1.76. The van der Waals surface area contributed by atoms with Crippen LogP contribution in [0.5, 0.6) is 0 Å². The van der Waals surface area contributed by atoms with Crippen LogP contribution in [0.15, 0.2) is 34.1 Å². The second-order valence-electron chi connectivity index (χ2n) is 6.28. The third kappa shape index (κ3) is 3.44. The maximum Gasteiger partial charge on any atom is 0.292 e. The van der Waals surface area contributed by atoms with Crippen molar-refractivity contribution in [2.45, 2.75) is 30.3 Å². The first-order chi connectivity index (χ1) is 12.9. The van der Waals surface area contributed by atoms with Crippen molar-refractivity contribution >= 4 is 35.0 Å². The van der Waals surface area contributed by atoms with E-state index in [1.165, 1.54) is 22.9 Å². The number of nitrogens with one attached hydrogen (secondary N) is 1. The summed E-state index contributed by atoms with van der Waals surface area (Å²) < 4.78 is 27.8. The maximum absolute atomic E-state index is 13.7. The van der Waals surface area contributed by atoms with E-state index >= 15 is 0 Å². The first kappa shape index (κ1) is 17.7. The molecule has 2 aliphatic rings. The van der Waals surface area contributed by atoms with Crippen molar-refractivity contribution in [2.24, 2.45) is 0 Å². The molecule has 2 amide bonds. The van der Waals surface area contributed by atoms with Crippen LogP contribution in [-0.2, 0) is 16.1 Å². The number of hydrogen-bond acceptors (Lipinski definition) is 5. The quantitative estimate of drug-likeness (QED) is 0.857. The van der Waals surface area contributed by atoms with Crippen LogP contribution in [-0.4, -0.2) is 33.4 Å². The number of nitrogens with zero attached hydrogens (tertiary/aromatic N) is 3. The summed E-state index contributed by atoms with van der Waals surface area (Å²) in [5.41, 5.74) is -0.648. The summed E-state index contributed by atoms with van der Waals surface area (Å²) in [5.74, 6) is -2.13. The van der Waals surface area contributed by atoms with Crippen molar-refractivity contribution in [2.75, 3.05) is 16.0 Å². The molecule has 2 heterocycles. The Labute approximate surface area is 156 Å². The topological polar surface area (TPSA) is 84.3 Å². The van der Waals surface area contributed by atoms with Crippen molar-refractivity contribution in [3.63, 3.8) is 0 Å². The van der Waals surface area contributed by atoms with Gasteiger partial charge < -0.3 is 10.2 Å². The number of rotatable bonds is 4. The van der Waals surface area contributed by atoms with Crippen molar-refractivity contribution in [1.29, 1.82) is 0 Å². The van der Waals surface area contributed by atoms with Gasteiger partial charge in [-0.05, 0) is 25.0 Å². The summed E-state index contributed by atoms with van der Waals surface area (Å²) in [7, 11) is 0. The van der Waals surface area contributed by atoms with E-state index in [1.54, 1.807) is 0 Å². The first-order valence-electron chi connectivity index (χ1n) is 8.24. The molecule has 0 bridgehead atoms. The molecule has 1 fully saturated rings. The monoisotopic (exact) mass is 392 g/mol. The highest BCUT2D eigenvalue weighted by atomic mass is 32.2. The lowest BCUT2D eigenvalue weighted by Gasteiger charge is -2.28. The van der Waals surface area contributed by atoms with Gasteiger partial charge in [-0.3, -0.25) is 14.4 Å². The largest absolute Gasteiger partial charge is 0.322 e. The molecule has 27 heavy (non-hydrogen) atoms. The molecule has 2 aromatic rings. The smallest absolute Gasteiger partial charge is 0.292 e. The SMILES string of the molecule is O=C(Cn1ncc2c(c1=O)N(C1CC1)C(=O)CS2)Nc1cc(F)ccc1F. The molecule has 0 spiro atoms. The summed E-state index contributed by atoms with van der Waals surface area (Å²) in [4.78, 5) is 39.3. The van der Waals surface area contributed by atoms with Crippen LogP contribution in [0, 0.1) is 11.6 Å². The molecule has 0 saturated heterocycles. The number of hydrogen-bond donors (Lipinski definition) is 1. The minimum absolute atomic E-state index is 0.0101. The average molecular weight is 392 g/mol. The first-order valence-corrected chi connectivity index (χ1v) is 9.22. The molecule has 0 unspecified atom stereocenters. The normalized spacial score (nSPS) is 16.2. The van der Waals surface area contributed by atoms with Gasteiger partial charge in [0, 0.05) is 12.1 Å². The zero-order valence-corrected chi connectivity index (χ0v) is 14.8. The van der Waals surface area contributed by atoms with E-state index in [2.05, 4.69) is 10.4 Å². The molecule has 7 nitrogen and oxygen atoms in total. The minimum Gasteiger partial charge on any atom is -0.322 e. The van der Waals surface area contributed by atoms with Gasteiger partial charge in [0.15, 0.2) is 0 Å². The summed E-state index contributed by atoms with van der Waals surface area (Å²) >= 11 is 1.23. The van der Waals surface area contributed by atoms with Crippen molar-refractivity contribution in [1.82, 2.24) is 9.78 Å². The van der Waals surface area contributed by atoms with Crippen molar-refractivity contribution in [3.8, 4) is 0 Å². The Morgan fingerprint density at radius 2 is 2.07 bits per heavy atom. The number of amides is 2. The number of fused-ring (bicyclic) bond motifs is 1. The minimum atomic E-state index is -0.794. The predicted molar refractivity (Wildman–Crippen MR) is 94.7 cm³/mol. The Hall–Kier alpha value is -2.75. The van der Waals surface area contributed by atoms with Gasteiger partial charge in [0.05, 0.1) is 22.5 Å². The Morgan fingerprint density at radius 3 is 2.81 bits per heavy atom. The van der Waals surface area contributed by atoms with Gasteiger partial charge in [-0.15, -0.1) is 11.8 Å². The lowest BCUT2D eigenvalue weighted by molar-refractivity contribution is -0.117. The molecule has 1 aromatic carbocycles. The highest BCUT2D eigenvalue weighted by Crippen LogP contribution is 2.38. The lowest BCUT2D eigenvalue weighted by atomic mass is 10.3. The number of benzene rings is 1. The molecular formula is C17H14F2N4O3S. The van der Waals surface area contributed by atoms with Gasteiger partial charge in [0.1, 0.15) is 23.9 Å². The molecule has 1 aliphatic carbocycles. The van der Waals surface area contributed by atoms with Gasteiger partial charge in [0.2, 0.25) is 11.8 Å². The van der Waals surface area contributed by atoms with E-state index in [0.29, 0.717) is 4.90 Å². The Kier molecular flexibility index (Phi) is 4.42. The van der Waals surface area contributed by atoms with Crippen LogP contribution in [0.1, 0.15) is 12.8 Å². The van der Waals surface area contributed by atoms with Gasteiger partial charge >= 0.3 is 0 Å². The highest BCUT2D eigenvalue weighted by molar-refractivity contribution is 8.00. The third-order valence-corrected chi connectivity index (χ3v) is 5.25. The molecule has 10 heteroatoms. The number of carbonyl (C=O) groups is 2. The van der Waals surface area contributed by atoms with E-state index in [9.17, 15) is 23.2 Å². The highest BCUT2D eigenvalue weighted by Gasteiger charge is 2.39. The Bertz CT molecular complexity index is 1010. The molecular weight excluding hydrogens is 378 g/mol. The molecule has 0 radical (unpaired) electrons. The molecule has 1 aromatic heterocycles. The van der Waals surface area contributed by atoms with Gasteiger partial charge in [-0.25, -0.2) is 13.5 Å². The van der Waals surface area contributed by atoms with Crippen LogP contribution >= 0.6 is 11.8 Å². The van der Waals surface area contributed by atoms with Crippen LogP contribution in [0.2, 0.25) is 0 Å². The summed E-state index contributed by atoms with van der Waals surface area (Å²) in [6, 6.07) is 2.68. The standard InChI is InChI=1S/C17H14F2N4O3S/c18-9-1-4-11(19)12(5-9)21-14(24)7-22-17(26)16-13(6-20-22)27-8-15(25)23(16)10-2-3-10/h1,4-6,10H,2-3,7-8H2,(H,21,24).